The van der Waals surface area contributed by atoms with Gasteiger partial charge in [-0.2, -0.15) is 0 Å². The van der Waals surface area contributed by atoms with Gasteiger partial charge in [-0.15, -0.1) is 11.8 Å². The normalized spacial score (nSPS) is 26.4. The molecule has 2 N–H and O–H groups in total. The van der Waals surface area contributed by atoms with Crippen molar-refractivity contribution in [2.24, 2.45) is 0 Å². The Kier molecular flexibility index (Phi) is 2.11. The summed E-state index contributed by atoms with van der Waals surface area (Å²) in [7, 11) is 0. The van der Waals surface area contributed by atoms with Crippen LogP contribution in [-0.2, 0) is 0 Å². The first-order valence-electron chi connectivity index (χ1n) is 4.98. The summed E-state index contributed by atoms with van der Waals surface area (Å²) in [6.45, 7) is 0. The third-order valence-corrected chi connectivity index (χ3v) is 3.86. The van der Waals surface area contributed by atoms with Crippen molar-refractivity contribution in [3.63, 3.8) is 0 Å². The van der Waals surface area contributed by atoms with Crippen molar-refractivity contribution in [2.75, 3.05) is 0 Å². The second-order valence-electron chi connectivity index (χ2n) is 3.75. The number of allylic oxidation sites excluding steroid dienone is 1. The molecule has 1 heterocycles. The summed E-state index contributed by atoms with van der Waals surface area (Å²) in [5.41, 5.74) is 0. The van der Waals surface area contributed by atoms with Crippen molar-refractivity contribution in [2.45, 2.75) is 16.2 Å². The molecule has 0 saturated heterocycles. The van der Waals surface area contributed by atoms with Crippen LogP contribution < -0.4 is 4.74 Å². The average Bonchev–Trinajstić information content (AvgIpc) is 2.26. The minimum absolute atomic E-state index is 0.163. The summed E-state index contributed by atoms with van der Waals surface area (Å²) >= 11 is 1.67. The summed E-state index contributed by atoms with van der Waals surface area (Å²) < 4.78 is 5.72. The van der Waals surface area contributed by atoms with Gasteiger partial charge in [-0.05, 0) is 24.3 Å². The molecule has 2 aliphatic rings. The Hall–Kier alpha value is -1.55. The van der Waals surface area contributed by atoms with Crippen LogP contribution in [0.3, 0.4) is 0 Å². The van der Waals surface area contributed by atoms with E-state index < -0.39 is 0 Å². The van der Waals surface area contributed by atoms with Crippen LogP contribution in [0.4, 0.5) is 0 Å². The van der Waals surface area contributed by atoms with Crippen LogP contribution in [0.5, 0.6) is 11.5 Å². The van der Waals surface area contributed by atoms with Gasteiger partial charge in [0.15, 0.2) is 0 Å². The Morgan fingerprint density at radius 3 is 3.00 bits per heavy atom. The lowest BCUT2D eigenvalue weighted by Crippen LogP contribution is -2.31. The Balaban J connectivity index is 1.98. The molecule has 3 rings (SSSR count). The second-order valence-corrected chi connectivity index (χ2v) is 4.97. The topological polar surface area (TPSA) is 49.7 Å². The minimum atomic E-state index is -0.163. The fourth-order valence-electron chi connectivity index (χ4n) is 1.81. The van der Waals surface area contributed by atoms with Gasteiger partial charge in [0.05, 0.1) is 10.1 Å². The van der Waals surface area contributed by atoms with Gasteiger partial charge in [0.25, 0.3) is 0 Å². The molecule has 0 bridgehead atoms. The quantitative estimate of drug-likeness (QED) is 0.724. The van der Waals surface area contributed by atoms with E-state index in [1.54, 1.807) is 36.0 Å². The Morgan fingerprint density at radius 2 is 2.12 bits per heavy atom. The van der Waals surface area contributed by atoms with Gasteiger partial charge in [-0.1, -0.05) is 6.08 Å². The number of thioether (sulfide) groups is 1. The van der Waals surface area contributed by atoms with Crippen molar-refractivity contribution in [1.82, 2.24) is 0 Å². The largest absolute Gasteiger partial charge is 0.508 e. The lowest BCUT2D eigenvalue weighted by Gasteiger charge is -2.31. The van der Waals surface area contributed by atoms with Crippen molar-refractivity contribution >= 4 is 11.8 Å². The maximum absolute atomic E-state index is 9.39. The molecule has 4 heteroatoms. The zero-order valence-corrected chi connectivity index (χ0v) is 9.15. The first kappa shape index (κ1) is 9.66. The first-order valence-corrected chi connectivity index (χ1v) is 5.86. The van der Waals surface area contributed by atoms with Gasteiger partial charge in [0.1, 0.15) is 23.4 Å². The number of hydrogen-bond donors (Lipinski definition) is 2. The number of fused-ring (bicyclic) bond motifs is 2. The molecule has 16 heavy (non-hydrogen) atoms. The fourth-order valence-corrected chi connectivity index (χ4v) is 2.90. The average molecular weight is 234 g/mol. The number of hydrogen-bond acceptors (Lipinski definition) is 4. The van der Waals surface area contributed by atoms with E-state index in [4.69, 9.17) is 4.74 Å². The molecule has 1 aliphatic carbocycles. The lowest BCUT2D eigenvalue weighted by molar-refractivity contribution is 0.235. The van der Waals surface area contributed by atoms with Crippen LogP contribution in [0, 0.1) is 0 Å². The first-order chi connectivity index (χ1) is 7.72. The van der Waals surface area contributed by atoms with Gasteiger partial charge >= 0.3 is 0 Å². The van der Waals surface area contributed by atoms with Crippen LogP contribution in [0.1, 0.15) is 0 Å². The SMILES string of the molecule is OC1=CC2Oc3cc(O)ccc3SC2C=C1. The molecule has 82 valence electrons. The Labute approximate surface area is 97.1 Å². The Bertz CT molecular complexity index is 493. The van der Waals surface area contributed by atoms with Gasteiger partial charge in [0.2, 0.25) is 0 Å². The van der Waals surface area contributed by atoms with Crippen LogP contribution in [0.25, 0.3) is 0 Å². The highest BCUT2D eigenvalue weighted by Crippen LogP contribution is 2.43. The van der Waals surface area contributed by atoms with Gasteiger partial charge < -0.3 is 14.9 Å². The van der Waals surface area contributed by atoms with Crippen molar-refractivity contribution in [1.29, 1.82) is 0 Å². The van der Waals surface area contributed by atoms with Crippen molar-refractivity contribution in [3.8, 4) is 11.5 Å². The van der Waals surface area contributed by atoms with Gasteiger partial charge in [-0.25, -0.2) is 0 Å². The molecular formula is C12H10O3S. The molecule has 3 nitrogen and oxygen atoms in total. The highest BCUT2D eigenvalue weighted by Gasteiger charge is 2.30. The standard InChI is InChI=1S/C12H10O3S/c13-7-1-3-11-9(5-7)15-10-6-8(14)2-4-12(10)16-11/h1-6,9,11,13-14H. The van der Waals surface area contributed by atoms with Crippen LogP contribution in [-0.4, -0.2) is 21.6 Å². The van der Waals surface area contributed by atoms with Crippen LogP contribution in [0.15, 0.2) is 47.1 Å². The van der Waals surface area contributed by atoms with E-state index in [2.05, 4.69) is 0 Å². The zero-order valence-electron chi connectivity index (χ0n) is 8.33. The molecule has 1 aromatic carbocycles. The van der Waals surface area contributed by atoms with Crippen molar-refractivity contribution in [3.05, 3.63) is 42.2 Å². The smallest absolute Gasteiger partial charge is 0.137 e. The minimum Gasteiger partial charge on any atom is -0.508 e. The summed E-state index contributed by atoms with van der Waals surface area (Å²) in [6.07, 6.45) is 5.14. The molecule has 0 amide bonds. The summed E-state index contributed by atoms with van der Waals surface area (Å²) in [6, 6.07) is 5.09. The van der Waals surface area contributed by atoms with E-state index >= 15 is 0 Å². The maximum Gasteiger partial charge on any atom is 0.137 e. The number of phenols is 1. The molecule has 2 atom stereocenters. The van der Waals surface area contributed by atoms with Crippen LogP contribution >= 0.6 is 11.8 Å². The molecule has 0 aromatic heterocycles. The predicted octanol–water partition coefficient (Wildman–Crippen LogP) is 2.63. The molecule has 2 unspecified atom stereocenters. The third-order valence-electron chi connectivity index (χ3n) is 2.57. The van der Waals surface area contributed by atoms with E-state index in [0.29, 0.717) is 5.75 Å². The van der Waals surface area contributed by atoms with Crippen molar-refractivity contribution < 1.29 is 14.9 Å². The fraction of sp³-hybridized carbons (Fsp3) is 0.167. The number of aliphatic hydroxyl groups excluding tert-OH is 1. The number of aliphatic hydroxyl groups is 1. The number of benzene rings is 1. The highest BCUT2D eigenvalue weighted by molar-refractivity contribution is 8.00. The molecular weight excluding hydrogens is 224 g/mol. The molecule has 0 saturated carbocycles. The third kappa shape index (κ3) is 1.55. The van der Waals surface area contributed by atoms with E-state index in [1.165, 1.54) is 0 Å². The van der Waals surface area contributed by atoms with Crippen LogP contribution in [0.2, 0.25) is 0 Å². The van der Waals surface area contributed by atoms with E-state index in [0.717, 1.165) is 4.90 Å². The molecule has 0 radical (unpaired) electrons. The zero-order chi connectivity index (χ0) is 11.1. The molecule has 0 spiro atoms. The lowest BCUT2D eigenvalue weighted by atomic mass is 10.1. The summed E-state index contributed by atoms with van der Waals surface area (Å²) in [4.78, 5) is 1.01. The number of phenolic OH excluding ortho intramolecular Hbond substituents is 1. The molecule has 1 aliphatic heterocycles. The number of ether oxygens (including phenoxy) is 1. The number of aromatic hydroxyl groups is 1. The summed E-state index contributed by atoms with van der Waals surface area (Å²) in [5, 5.41) is 18.9. The van der Waals surface area contributed by atoms with E-state index in [9.17, 15) is 10.2 Å². The molecule has 0 fully saturated rings. The maximum atomic E-state index is 9.39. The predicted molar refractivity (Wildman–Crippen MR) is 62.0 cm³/mol. The highest BCUT2D eigenvalue weighted by atomic mass is 32.2. The number of rotatable bonds is 0. The monoisotopic (exact) mass is 234 g/mol. The summed E-state index contributed by atoms with van der Waals surface area (Å²) in [5.74, 6) is 1.09. The van der Waals surface area contributed by atoms with E-state index in [-0.39, 0.29) is 22.9 Å². The van der Waals surface area contributed by atoms with Gasteiger partial charge in [0, 0.05) is 6.07 Å². The molecule has 1 aromatic rings. The Morgan fingerprint density at radius 1 is 1.25 bits per heavy atom. The second kappa shape index (κ2) is 3.49. The van der Waals surface area contributed by atoms with E-state index in [1.807, 2.05) is 12.1 Å². The van der Waals surface area contributed by atoms with Gasteiger partial charge in [-0.3, -0.25) is 0 Å².